The van der Waals surface area contributed by atoms with Gasteiger partial charge in [0.15, 0.2) is 24.6 Å². The molecule has 1 aliphatic heterocycles. The third kappa shape index (κ3) is 46.7. The van der Waals surface area contributed by atoms with E-state index in [1.165, 1.54) is 167 Å². The Bertz CT molecular complexity index is 1590. The number of carbonyl (C=O) groups excluding carboxylic acids is 3. The Morgan fingerprint density at radius 2 is 0.778 bits per heavy atom. The number of aliphatic hydroxyl groups excluding tert-OH is 2. The molecule has 1 aliphatic rings. The predicted molar refractivity (Wildman–Crippen MR) is 331 cm³/mol. The Kier molecular flexibility index (Phi) is 53.4. The van der Waals surface area contributed by atoms with Crippen molar-refractivity contribution in [2.45, 2.75) is 353 Å². The van der Waals surface area contributed by atoms with Crippen LogP contribution in [0.2, 0.25) is 0 Å². The Balaban J connectivity index is 2.64. The number of ether oxygens (including phenoxy) is 5. The van der Waals surface area contributed by atoms with Crippen LogP contribution < -0.4 is 0 Å². The Morgan fingerprint density at radius 3 is 1.19 bits per heavy atom. The summed E-state index contributed by atoms with van der Waals surface area (Å²) in [6, 6.07) is 0. The Labute approximate surface area is 494 Å². The number of aliphatic hydroxyl groups is 2. The van der Waals surface area contributed by atoms with E-state index in [4.69, 9.17) is 23.7 Å². The van der Waals surface area contributed by atoms with Crippen molar-refractivity contribution in [3.05, 3.63) is 48.6 Å². The minimum atomic E-state index is -1.91. The van der Waals surface area contributed by atoms with Gasteiger partial charge in [0, 0.05) is 19.3 Å². The highest BCUT2D eigenvalue weighted by atomic mass is 16.7. The number of carbonyl (C=O) groups is 4. The molecule has 0 aliphatic carbocycles. The standard InChI is InChI=1S/C69H122O12/c1-4-7-10-13-16-19-22-25-28-30-31-33-35-37-40-43-46-49-52-55-61(70)77-58-60(79-62(71)56-53-50-47-44-41-38-34-27-24-21-18-15-12-9-6-3)59-78-69-67(65(74)64(73)66(81-69)68(75)76)80-63(72)57-54-51-48-45-42-39-36-32-29-26-23-20-17-14-11-8-5-2/h8,11,17,20,26,29,36,39,60,64-67,69,73-74H,4-7,9-10,12-16,18-19,21-25,27-28,30-35,37-38,40-59H2,1-3H3,(H,75,76)/b11-8-,20-17-,29-26-,39-36-. The fourth-order valence-electron chi connectivity index (χ4n) is 10.3. The van der Waals surface area contributed by atoms with Crippen LogP contribution in [0.15, 0.2) is 48.6 Å². The van der Waals surface area contributed by atoms with E-state index >= 15 is 0 Å². The van der Waals surface area contributed by atoms with E-state index in [0.29, 0.717) is 19.3 Å². The first-order valence-corrected chi connectivity index (χ1v) is 33.6. The first-order chi connectivity index (χ1) is 39.6. The second kappa shape index (κ2) is 57.1. The first-order valence-electron chi connectivity index (χ1n) is 33.6. The second-order valence-electron chi connectivity index (χ2n) is 23.1. The van der Waals surface area contributed by atoms with Gasteiger partial charge < -0.3 is 39.0 Å². The van der Waals surface area contributed by atoms with E-state index in [2.05, 4.69) is 69.4 Å². The molecule has 0 aromatic rings. The van der Waals surface area contributed by atoms with Gasteiger partial charge in [-0.15, -0.1) is 0 Å². The van der Waals surface area contributed by atoms with Crippen molar-refractivity contribution in [2.75, 3.05) is 13.2 Å². The molecule has 0 amide bonds. The Hall–Kier alpha value is -3.32. The van der Waals surface area contributed by atoms with Crippen molar-refractivity contribution >= 4 is 23.9 Å². The van der Waals surface area contributed by atoms with E-state index in [9.17, 15) is 34.5 Å². The number of carboxylic acid groups (broad SMARTS) is 1. The van der Waals surface area contributed by atoms with Crippen LogP contribution in [0.25, 0.3) is 0 Å². The number of unbranched alkanes of at least 4 members (excludes halogenated alkanes) is 36. The molecule has 1 heterocycles. The van der Waals surface area contributed by atoms with Gasteiger partial charge in [-0.3, -0.25) is 14.4 Å². The lowest BCUT2D eigenvalue weighted by Gasteiger charge is -2.40. The number of hydrogen-bond donors (Lipinski definition) is 3. The summed E-state index contributed by atoms with van der Waals surface area (Å²) in [4.78, 5) is 51.4. The molecule has 12 heteroatoms. The number of aliphatic carboxylic acids is 1. The van der Waals surface area contributed by atoms with Crippen LogP contribution >= 0.6 is 0 Å². The van der Waals surface area contributed by atoms with Gasteiger partial charge in [0.1, 0.15) is 18.8 Å². The summed E-state index contributed by atoms with van der Waals surface area (Å²) >= 11 is 0. The van der Waals surface area contributed by atoms with Crippen molar-refractivity contribution < 1.29 is 58.2 Å². The predicted octanol–water partition coefficient (Wildman–Crippen LogP) is 18.1. The molecule has 1 fully saturated rings. The molecule has 3 N–H and O–H groups in total. The van der Waals surface area contributed by atoms with Crippen LogP contribution in [-0.2, 0) is 42.9 Å². The highest BCUT2D eigenvalue weighted by Gasteiger charge is 2.50. The molecule has 0 radical (unpaired) electrons. The van der Waals surface area contributed by atoms with E-state index in [-0.39, 0.29) is 25.9 Å². The van der Waals surface area contributed by atoms with Gasteiger partial charge >= 0.3 is 23.9 Å². The van der Waals surface area contributed by atoms with Gasteiger partial charge in [0.25, 0.3) is 0 Å². The summed E-state index contributed by atoms with van der Waals surface area (Å²) < 4.78 is 28.6. The monoisotopic (exact) mass is 1140 g/mol. The van der Waals surface area contributed by atoms with Crippen molar-refractivity contribution in [1.82, 2.24) is 0 Å². The first kappa shape index (κ1) is 75.7. The number of carboxylic acids is 1. The van der Waals surface area contributed by atoms with Gasteiger partial charge in [-0.05, 0) is 57.8 Å². The SMILES string of the molecule is CC/C=C\C/C=C\C/C=C\C/C=C\CCCCCCC(=O)OC1C(OCC(COC(=O)CCCCCCCCCCCCCCCCCCCCC)OC(=O)CCCCCCCCCCCCCCCCC)OC(C(=O)O)C(O)C1O. The molecular weight excluding hydrogens is 1020 g/mol. The zero-order valence-corrected chi connectivity index (χ0v) is 52.0. The zero-order valence-electron chi connectivity index (χ0n) is 52.0. The van der Waals surface area contributed by atoms with E-state index in [1.54, 1.807) is 0 Å². The smallest absolute Gasteiger partial charge is 0.335 e. The van der Waals surface area contributed by atoms with E-state index in [0.717, 1.165) is 89.9 Å². The van der Waals surface area contributed by atoms with Crippen LogP contribution in [0.4, 0.5) is 0 Å². The van der Waals surface area contributed by atoms with Crippen molar-refractivity contribution in [3.8, 4) is 0 Å². The van der Waals surface area contributed by atoms with Gasteiger partial charge in [-0.1, -0.05) is 288 Å². The average molecular weight is 1140 g/mol. The van der Waals surface area contributed by atoms with Crippen molar-refractivity contribution in [3.63, 3.8) is 0 Å². The summed E-state index contributed by atoms with van der Waals surface area (Å²) in [6.45, 7) is 5.93. The lowest BCUT2D eigenvalue weighted by Crippen LogP contribution is -2.61. The maximum atomic E-state index is 13.2. The number of rotatable bonds is 58. The highest BCUT2D eigenvalue weighted by molar-refractivity contribution is 5.74. The maximum Gasteiger partial charge on any atom is 0.335 e. The highest BCUT2D eigenvalue weighted by Crippen LogP contribution is 2.27. The Morgan fingerprint density at radius 1 is 0.420 bits per heavy atom. The molecule has 0 saturated carbocycles. The summed E-state index contributed by atoms with van der Waals surface area (Å²) in [5, 5.41) is 31.6. The summed E-state index contributed by atoms with van der Waals surface area (Å²) in [7, 11) is 0. The van der Waals surface area contributed by atoms with E-state index < -0.39 is 67.3 Å². The van der Waals surface area contributed by atoms with Crippen molar-refractivity contribution in [2.24, 2.45) is 0 Å². The fourth-order valence-corrected chi connectivity index (χ4v) is 10.3. The second-order valence-corrected chi connectivity index (χ2v) is 23.1. The lowest BCUT2D eigenvalue weighted by atomic mass is 9.98. The number of hydrogen-bond acceptors (Lipinski definition) is 11. The third-order valence-corrected chi connectivity index (χ3v) is 15.4. The maximum absolute atomic E-state index is 13.2. The molecule has 81 heavy (non-hydrogen) atoms. The quantitative estimate of drug-likeness (QED) is 0.0228. The van der Waals surface area contributed by atoms with Crippen LogP contribution in [0, 0.1) is 0 Å². The molecule has 0 spiro atoms. The van der Waals surface area contributed by atoms with E-state index in [1.807, 2.05) is 0 Å². The summed E-state index contributed by atoms with van der Waals surface area (Å²) in [5.74, 6) is -3.12. The summed E-state index contributed by atoms with van der Waals surface area (Å²) in [5.41, 5.74) is 0. The fraction of sp³-hybridized carbons (Fsp3) is 0.826. The van der Waals surface area contributed by atoms with Crippen LogP contribution in [0.1, 0.15) is 316 Å². The molecule has 6 unspecified atom stereocenters. The summed E-state index contributed by atoms with van der Waals surface area (Å²) in [6.07, 6.45) is 57.8. The topological polar surface area (TPSA) is 175 Å². The van der Waals surface area contributed by atoms with Crippen LogP contribution in [0.3, 0.4) is 0 Å². The van der Waals surface area contributed by atoms with Gasteiger partial charge in [-0.2, -0.15) is 0 Å². The zero-order chi connectivity index (χ0) is 58.9. The molecule has 1 saturated heterocycles. The molecule has 470 valence electrons. The molecule has 0 aromatic carbocycles. The molecule has 1 rings (SSSR count). The molecule has 0 aromatic heterocycles. The molecule has 6 atom stereocenters. The lowest BCUT2D eigenvalue weighted by molar-refractivity contribution is -0.301. The largest absolute Gasteiger partial charge is 0.479 e. The number of allylic oxidation sites excluding steroid dienone is 8. The normalized spacial score (nSPS) is 18.0. The molecule has 0 bridgehead atoms. The van der Waals surface area contributed by atoms with Gasteiger partial charge in [0.05, 0.1) is 6.61 Å². The number of esters is 3. The minimum absolute atomic E-state index is 0.0351. The molecular formula is C69H122O12. The minimum Gasteiger partial charge on any atom is -0.479 e. The van der Waals surface area contributed by atoms with Crippen molar-refractivity contribution in [1.29, 1.82) is 0 Å². The van der Waals surface area contributed by atoms with Crippen LogP contribution in [0.5, 0.6) is 0 Å². The third-order valence-electron chi connectivity index (χ3n) is 15.4. The van der Waals surface area contributed by atoms with Gasteiger partial charge in [-0.25, -0.2) is 4.79 Å². The average Bonchev–Trinajstić information content (AvgIpc) is 3.53. The van der Waals surface area contributed by atoms with Gasteiger partial charge in [0.2, 0.25) is 0 Å². The molecule has 12 nitrogen and oxygen atoms in total. The van der Waals surface area contributed by atoms with Crippen LogP contribution in [-0.4, -0.2) is 89.2 Å².